The fraction of sp³-hybridized carbons (Fsp3) is 1.00. The molecule has 2 aliphatic rings. The van der Waals surface area contributed by atoms with Crippen LogP contribution >= 0.6 is 0 Å². The van der Waals surface area contributed by atoms with Crippen LogP contribution in [0.2, 0.25) is 0 Å². The summed E-state index contributed by atoms with van der Waals surface area (Å²) in [5.41, 5.74) is 0. The Labute approximate surface area is 73.0 Å². The van der Waals surface area contributed by atoms with E-state index < -0.39 is 0 Å². The first-order valence-corrected chi connectivity index (χ1v) is 4.81. The molecule has 2 aliphatic heterocycles. The van der Waals surface area contributed by atoms with Crippen molar-refractivity contribution in [1.82, 2.24) is 0 Å². The predicted molar refractivity (Wildman–Crippen MR) is 43.9 cm³/mol. The molecule has 2 heterocycles. The topological polar surface area (TPSA) is 27.7 Å². The lowest BCUT2D eigenvalue weighted by molar-refractivity contribution is -0.142. The smallest absolute Gasteiger partial charge is 0.183 e. The van der Waals surface area contributed by atoms with Gasteiger partial charge in [0.2, 0.25) is 0 Å². The molecule has 0 radical (unpaired) electrons. The van der Waals surface area contributed by atoms with E-state index in [9.17, 15) is 0 Å². The number of ether oxygens (including phenoxy) is 3. The molecule has 0 aromatic rings. The molecule has 0 aromatic heterocycles. The van der Waals surface area contributed by atoms with Crippen molar-refractivity contribution in [3.8, 4) is 0 Å². The van der Waals surface area contributed by atoms with Crippen molar-refractivity contribution >= 4 is 0 Å². The number of hydrogen-bond donors (Lipinski definition) is 0. The van der Waals surface area contributed by atoms with Crippen LogP contribution in [0, 0.1) is 0 Å². The Morgan fingerprint density at radius 3 is 2.42 bits per heavy atom. The summed E-state index contributed by atoms with van der Waals surface area (Å²) in [6.45, 7) is 2.32. The molecule has 0 aliphatic carbocycles. The summed E-state index contributed by atoms with van der Waals surface area (Å²) in [6, 6.07) is 0. The highest BCUT2D eigenvalue weighted by molar-refractivity contribution is 4.68. The maximum atomic E-state index is 5.64. The summed E-state index contributed by atoms with van der Waals surface area (Å²) >= 11 is 0. The zero-order valence-electron chi connectivity index (χ0n) is 7.33. The van der Waals surface area contributed by atoms with E-state index in [0.717, 1.165) is 26.2 Å². The number of rotatable bonds is 1. The van der Waals surface area contributed by atoms with Crippen LogP contribution in [0.15, 0.2) is 0 Å². The first-order valence-electron chi connectivity index (χ1n) is 4.81. The van der Waals surface area contributed by atoms with Crippen LogP contribution in [0.4, 0.5) is 0 Å². The summed E-state index contributed by atoms with van der Waals surface area (Å²) in [7, 11) is 0. The highest BCUT2D eigenvalue weighted by atomic mass is 16.7. The van der Waals surface area contributed by atoms with Gasteiger partial charge in [-0.05, 0) is 12.8 Å². The fourth-order valence-electron chi connectivity index (χ4n) is 1.75. The summed E-state index contributed by atoms with van der Waals surface area (Å²) < 4.78 is 16.4. The van der Waals surface area contributed by atoms with Crippen LogP contribution < -0.4 is 0 Å². The molecule has 12 heavy (non-hydrogen) atoms. The zero-order chi connectivity index (χ0) is 8.23. The van der Waals surface area contributed by atoms with Crippen molar-refractivity contribution < 1.29 is 14.2 Å². The monoisotopic (exact) mass is 172 g/mol. The van der Waals surface area contributed by atoms with Gasteiger partial charge in [-0.1, -0.05) is 12.8 Å². The van der Waals surface area contributed by atoms with E-state index in [1.54, 1.807) is 0 Å². The van der Waals surface area contributed by atoms with Crippen molar-refractivity contribution in [2.45, 2.75) is 38.1 Å². The van der Waals surface area contributed by atoms with Crippen LogP contribution in [0.5, 0.6) is 0 Å². The maximum Gasteiger partial charge on any atom is 0.183 e. The van der Waals surface area contributed by atoms with Crippen LogP contribution in [-0.2, 0) is 14.2 Å². The molecule has 0 amide bonds. The Morgan fingerprint density at radius 2 is 1.58 bits per heavy atom. The molecular weight excluding hydrogens is 156 g/mol. The Morgan fingerprint density at radius 1 is 0.750 bits per heavy atom. The summed E-state index contributed by atoms with van der Waals surface area (Å²) in [5.74, 6) is 0. The van der Waals surface area contributed by atoms with Gasteiger partial charge in [-0.2, -0.15) is 0 Å². The van der Waals surface area contributed by atoms with Gasteiger partial charge in [0, 0.05) is 6.61 Å². The van der Waals surface area contributed by atoms with Gasteiger partial charge in [0.05, 0.1) is 13.2 Å². The minimum Gasteiger partial charge on any atom is -0.373 e. The standard InChI is InChI=1S/C9H16O3/c1-2-4-8(10-5-3-1)9-11-6-7-12-9/h8-9H,1-7H2. The maximum absolute atomic E-state index is 5.64. The molecule has 2 saturated heterocycles. The van der Waals surface area contributed by atoms with E-state index in [4.69, 9.17) is 14.2 Å². The predicted octanol–water partition coefficient (Wildman–Crippen LogP) is 1.32. The summed E-state index contributed by atoms with van der Waals surface area (Å²) in [6.07, 6.45) is 4.91. The Kier molecular flexibility index (Phi) is 2.98. The number of hydrogen-bond acceptors (Lipinski definition) is 3. The third-order valence-electron chi connectivity index (χ3n) is 2.42. The van der Waals surface area contributed by atoms with Gasteiger partial charge < -0.3 is 14.2 Å². The molecule has 2 fully saturated rings. The van der Waals surface area contributed by atoms with Crippen molar-refractivity contribution in [3.63, 3.8) is 0 Å². The van der Waals surface area contributed by atoms with Gasteiger partial charge in [0.25, 0.3) is 0 Å². The second-order valence-corrected chi connectivity index (χ2v) is 3.37. The largest absolute Gasteiger partial charge is 0.373 e. The molecule has 3 nitrogen and oxygen atoms in total. The average molecular weight is 172 g/mol. The van der Waals surface area contributed by atoms with E-state index in [1.165, 1.54) is 19.3 Å². The first kappa shape index (κ1) is 8.48. The van der Waals surface area contributed by atoms with E-state index in [2.05, 4.69) is 0 Å². The fourth-order valence-corrected chi connectivity index (χ4v) is 1.75. The van der Waals surface area contributed by atoms with Crippen molar-refractivity contribution in [1.29, 1.82) is 0 Å². The van der Waals surface area contributed by atoms with Gasteiger partial charge in [-0.3, -0.25) is 0 Å². The van der Waals surface area contributed by atoms with E-state index in [1.807, 2.05) is 0 Å². The molecule has 3 heteroatoms. The first-order chi connectivity index (χ1) is 5.97. The summed E-state index contributed by atoms with van der Waals surface area (Å²) in [4.78, 5) is 0. The molecule has 1 atom stereocenters. The van der Waals surface area contributed by atoms with E-state index in [-0.39, 0.29) is 12.4 Å². The van der Waals surface area contributed by atoms with E-state index >= 15 is 0 Å². The Balaban J connectivity index is 1.83. The van der Waals surface area contributed by atoms with Crippen LogP contribution in [-0.4, -0.2) is 32.2 Å². The molecule has 0 bridgehead atoms. The second-order valence-electron chi connectivity index (χ2n) is 3.37. The van der Waals surface area contributed by atoms with Gasteiger partial charge in [0.15, 0.2) is 6.29 Å². The normalized spacial score (nSPS) is 33.5. The molecule has 70 valence electrons. The van der Waals surface area contributed by atoms with Crippen LogP contribution in [0.25, 0.3) is 0 Å². The molecule has 0 N–H and O–H groups in total. The second kappa shape index (κ2) is 4.21. The highest BCUT2D eigenvalue weighted by Crippen LogP contribution is 2.20. The summed E-state index contributed by atoms with van der Waals surface area (Å²) in [5, 5.41) is 0. The molecule has 0 aromatic carbocycles. The van der Waals surface area contributed by atoms with E-state index in [0.29, 0.717) is 0 Å². The van der Waals surface area contributed by atoms with Gasteiger partial charge in [-0.25, -0.2) is 0 Å². The third-order valence-corrected chi connectivity index (χ3v) is 2.42. The Bertz CT molecular complexity index is 124. The van der Waals surface area contributed by atoms with Gasteiger partial charge >= 0.3 is 0 Å². The molecule has 1 unspecified atom stereocenters. The van der Waals surface area contributed by atoms with Crippen molar-refractivity contribution in [3.05, 3.63) is 0 Å². The highest BCUT2D eigenvalue weighted by Gasteiger charge is 2.28. The molecular formula is C9H16O3. The van der Waals surface area contributed by atoms with Crippen molar-refractivity contribution in [2.75, 3.05) is 19.8 Å². The SMILES string of the molecule is C1CCOC(C2OCCO2)CC1. The van der Waals surface area contributed by atoms with Crippen LogP contribution in [0.1, 0.15) is 25.7 Å². The minimum atomic E-state index is -0.0805. The lowest BCUT2D eigenvalue weighted by atomic mass is 10.1. The Hall–Kier alpha value is -0.120. The quantitative estimate of drug-likeness (QED) is 0.597. The molecule has 0 spiro atoms. The minimum absolute atomic E-state index is 0.0805. The zero-order valence-corrected chi connectivity index (χ0v) is 7.33. The lowest BCUT2D eigenvalue weighted by Gasteiger charge is -2.20. The lowest BCUT2D eigenvalue weighted by Crippen LogP contribution is -2.29. The molecule has 0 saturated carbocycles. The van der Waals surface area contributed by atoms with Gasteiger partial charge in [0.1, 0.15) is 6.10 Å². The van der Waals surface area contributed by atoms with Gasteiger partial charge in [-0.15, -0.1) is 0 Å². The van der Waals surface area contributed by atoms with Crippen LogP contribution in [0.3, 0.4) is 0 Å². The van der Waals surface area contributed by atoms with Crippen molar-refractivity contribution in [2.24, 2.45) is 0 Å². The third kappa shape index (κ3) is 1.97. The average Bonchev–Trinajstić information content (AvgIpc) is 2.48. The molecule has 2 rings (SSSR count).